The summed E-state index contributed by atoms with van der Waals surface area (Å²) in [6.07, 6.45) is 2.05. The highest BCUT2D eigenvalue weighted by Gasteiger charge is 2.18. The number of nitrogens with one attached hydrogen (secondary N) is 1. The van der Waals surface area contributed by atoms with Crippen molar-refractivity contribution in [2.45, 2.75) is 33.1 Å². The summed E-state index contributed by atoms with van der Waals surface area (Å²) in [7, 11) is 0. The molecule has 0 atom stereocenters. The first-order chi connectivity index (χ1) is 13.9. The van der Waals surface area contributed by atoms with Crippen LogP contribution in [0.2, 0.25) is 5.02 Å². The summed E-state index contributed by atoms with van der Waals surface area (Å²) in [4.78, 5) is 21.7. The lowest BCUT2D eigenvalue weighted by Gasteiger charge is -2.10. The van der Waals surface area contributed by atoms with Gasteiger partial charge in [-0.2, -0.15) is 0 Å². The molecule has 0 saturated carbocycles. The van der Waals surface area contributed by atoms with Crippen molar-refractivity contribution in [3.63, 3.8) is 0 Å². The standard InChI is InChI=1S/C24H22ClN3O/c1-14(2)20-11-17(7-8-26-20)16-5-4-6-18(10-16)21-13-24(29)28-23-12-19(25)15(3)9-22(23)27-21/h4-12,14H,13H2,1-3H3,(H,28,29). The number of carbonyl (C=O) groups is 1. The van der Waals surface area contributed by atoms with E-state index in [1.807, 2.05) is 37.4 Å². The van der Waals surface area contributed by atoms with Gasteiger partial charge in [0.2, 0.25) is 5.91 Å². The van der Waals surface area contributed by atoms with E-state index in [1.165, 1.54) is 0 Å². The van der Waals surface area contributed by atoms with Crippen LogP contribution in [0.15, 0.2) is 59.7 Å². The van der Waals surface area contributed by atoms with Crippen molar-refractivity contribution in [1.29, 1.82) is 0 Å². The van der Waals surface area contributed by atoms with Gasteiger partial charge in [-0.25, -0.2) is 0 Å². The molecule has 0 spiro atoms. The predicted molar refractivity (Wildman–Crippen MR) is 119 cm³/mol. The molecule has 3 aromatic rings. The third-order valence-electron chi connectivity index (χ3n) is 5.04. The number of aliphatic imine (C=N–C) groups is 1. The van der Waals surface area contributed by atoms with Crippen molar-refractivity contribution in [3.8, 4) is 11.1 Å². The molecule has 1 aromatic heterocycles. The molecular formula is C24H22ClN3O. The highest BCUT2D eigenvalue weighted by molar-refractivity contribution is 6.32. The van der Waals surface area contributed by atoms with E-state index in [9.17, 15) is 4.79 Å². The van der Waals surface area contributed by atoms with Crippen molar-refractivity contribution >= 4 is 34.6 Å². The molecule has 2 heterocycles. The summed E-state index contributed by atoms with van der Waals surface area (Å²) >= 11 is 6.22. The van der Waals surface area contributed by atoms with Crippen LogP contribution in [0.4, 0.5) is 11.4 Å². The van der Waals surface area contributed by atoms with Crippen molar-refractivity contribution in [2.24, 2.45) is 4.99 Å². The molecule has 1 amide bonds. The molecular weight excluding hydrogens is 382 g/mol. The highest BCUT2D eigenvalue weighted by atomic mass is 35.5. The molecule has 1 aliphatic rings. The maximum Gasteiger partial charge on any atom is 0.230 e. The normalized spacial score (nSPS) is 13.6. The zero-order chi connectivity index (χ0) is 20.5. The number of pyridine rings is 1. The summed E-state index contributed by atoms with van der Waals surface area (Å²) in [5.74, 6) is 0.262. The number of aryl methyl sites for hydroxylation is 1. The molecule has 0 aliphatic carbocycles. The number of fused-ring (bicyclic) bond motifs is 1. The molecule has 146 valence electrons. The Balaban J connectivity index is 1.77. The number of halogens is 1. The van der Waals surface area contributed by atoms with E-state index < -0.39 is 0 Å². The smallest absolute Gasteiger partial charge is 0.230 e. The summed E-state index contributed by atoms with van der Waals surface area (Å²) in [6.45, 7) is 6.20. The number of benzene rings is 2. The minimum absolute atomic E-state index is 0.0983. The lowest BCUT2D eigenvalue weighted by atomic mass is 9.98. The molecule has 29 heavy (non-hydrogen) atoms. The fourth-order valence-corrected chi connectivity index (χ4v) is 3.54. The Kier molecular flexibility index (Phi) is 5.20. The maximum absolute atomic E-state index is 12.5. The van der Waals surface area contributed by atoms with Crippen LogP contribution in [0, 0.1) is 6.92 Å². The molecule has 1 N–H and O–H groups in total. The lowest BCUT2D eigenvalue weighted by molar-refractivity contribution is -0.115. The Labute approximate surface area is 175 Å². The van der Waals surface area contributed by atoms with Crippen molar-refractivity contribution in [2.75, 3.05) is 5.32 Å². The summed E-state index contributed by atoms with van der Waals surface area (Å²) < 4.78 is 0. The van der Waals surface area contributed by atoms with Crippen molar-refractivity contribution in [1.82, 2.24) is 4.98 Å². The van der Waals surface area contributed by atoms with Crippen LogP contribution in [0.1, 0.15) is 43.0 Å². The van der Waals surface area contributed by atoms with Crippen LogP contribution < -0.4 is 5.32 Å². The van der Waals surface area contributed by atoms with Crippen LogP contribution in [0.25, 0.3) is 11.1 Å². The van der Waals surface area contributed by atoms with Crippen molar-refractivity contribution < 1.29 is 4.79 Å². The van der Waals surface area contributed by atoms with Crippen LogP contribution in [-0.2, 0) is 4.79 Å². The Morgan fingerprint density at radius 2 is 1.79 bits per heavy atom. The first kappa shape index (κ1) is 19.3. The molecule has 0 saturated heterocycles. The molecule has 0 radical (unpaired) electrons. The number of hydrogen-bond acceptors (Lipinski definition) is 3. The third kappa shape index (κ3) is 4.08. The monoisotopic (exact) mass is 403 g/mol. The second kappa shape index (κ2) is 7.80. The Morgan fingerprint density at radius 1 is 1.03 bits per heavy atom. The minimum atomic E-state index is -0.0983. The van der Waals surface area contributed by atoms with E-state index in [2.05, 4.69) is 42.3 Å². The topological polar surface area (TPSA) is 54.4 Å². The summed E-state index contributed by atoms with van der Waals surface area (Å²) in [5, 5.41) is 3.52. The number of anilines is 1. The van der Waals surface area contributed by atoms with Gasteiger partial charge < -0.3 is 5.32 Å². The summed E-state index contributed by atoms with van der Waals surface area (Å²) in [5.41, 5.74) is 7.20. The van der Waals surface area contributed by atoms with Crippen LogP contribution >= 0.6 is 11.6 Å². The lowest BCUT2D eigenvalue weighted by Crippen LogP contribution is -2.15. The Bertz CT molecular complexity index is 1130. The van der Waals surface area contributed by atoms with Crippen LogP contribution in [0.3, 0.4) is 0 Å². The van der Waals surface area contributed by atoms with Crippen LogP contribution in [0.5, 0.6) is 0 Å². The van der Waals surface area contributed by atoms with Gasteiger partial charge in [-0.3, -0.25) is 14.8 Å². The fourth-order valence-electron chi connectivity index (χ4n) is 3.38. The van der Waals surface area contributed by atoms with E-state index in [4.69, 9.17) is 16.6 Å². The number of rotatable bonds is 3. The molecule has 0 unspecified atom stereocenters. The fraction of sp³-hybridized carbons (Fsp3) is 0.208. The molecule has 1 aliphatic heterocycles. The zero-order valence-electron chi connectivity index (χ0n) is 16.7. The minimum Gasteiger partial charge on any atom is -0.324 e. The zero-order valence-corrected chi connectivity index (χ0v) is 17.4. The van der Waals surface area contributed by atoms with E-state index in [0.717, 1.165) is 39.3 Å². The molecule has 4 nitrogen and oxygen atoms in total. The number of nitrogens with zero attached hydrogens (tertiary/aromatic N) is 2. The van der Waals surface area contributed by atoms with E-state index >= 15 is 0 Å². The maximum atomic E-state index is 12.5. The van der Waals surface area contributed by atoms with Gasteiger partial charge in [-0.15, -0.1) is 0 Å². The molecule has 2 aromatic carbocycles. The third-order valence-corrected chi connectivity index (χ3v) is 5.44. The molecule has 0 bridgehead atoms. The largest absolute Gasteiger partial charge is 0.324 e. The number of hydrogen-bond donors (Lipinski definition) is 1. The molecule has 0 fully saturated rings. The summed E-state index contributed by atoms with van der Waals surface area (Å²) in [6, 6.07) is 15.9. The average Bonchev–Trinajstić information content (AvgIpc) is 2.86. The average molecular weight is 404 g/mol. The highest BCUT2D eigenvalue weighted by Crippen LogP contribution is 2.34. The quantitative estimate of drug-likeness (QED) is 0.558. The Hall–Kier alpha value is -2.98. The van der Waals surface area contributed by atoms with Gasteiger partial charge in [0.1, 0.15) is 0 Å². The molecule has 4 rings (SSSR count). The van der Waals surface area contributed by atoms with Gasteiger partial charge in [0.25, 0.3) is 0 Å². The van der Waals surface area contributed by atoms with E-state index in [0.29, 0.717) is 16.6 Å². The van der Waals surface area contributed by atoms with E-state index in [-0.39, 0.29) is 12.3 Å². The second-order valence-corrected chi connectivity index (χ2v) is 8.01. The van der Waals surface area contributed by atoms with Gasteiger partial charge in [-0.1, -0.05) is 43.6 Å². The van der Waals surface area contributed by atoms with Gasteiger partial charge >= 0.3 is 0 Å². The van der Waals surface area contributed by atoms with Crippen molar-refractivity contribution in [3.05, 3.63) is 76.6 Å². The number of aromatic nitrogens is 1. The second-order valence-electron chi connectivity index (χ2n) is 7.61. The van der Waals surface area contributed by atoms with Gasteiger partial charge in [0, 0.05) is 16.9 Å². The SMILES string of the molecule is Cc1cc2c(cc1Cl)NC(=O)CC(c1cccc(-c3ccnc(C(C)C)c3)c1)=N2. The van der Waals surface area contributed by atoms with Gasteiger partial charge in [0.15, 0.2) is 0 Å². The van der Waals surface area contributed by atoms with Gasteiger partial charge in [0.05, 0.1) is 23.5 Å². The number of amides is 1. The predicted octanol–water partition coefficient (Wildman–Crippen LogP) is 6.30. The van der Waals surface area contributed by atoms with Crippen LogP contribution in [-0.4, -0.2) is 16.6 Å². The first-order valence-corrected chi connectivity index (χ1v) is 10.0. The molecule has 5 heteroatoms. The first-order valence-electron chi connectivity index (χ1n) is 9.65. The van der Waals surface area contributed by atoms with E-state index in [1.54, 1.807) is 6.07 Å². The van der Waals surface area contributed by atoms with Gasteiger partial charge in [-0.05, 0) is 65.4 Å². The Morgan fingerprint density at radius 3 is 2.59 bits per heavy atom. The number of carbonyl (C=O) groups excluding carboxylic acids is 1.